The highest BCUT2D eigenvalue weighted by atomic mass is 15.2. The molecule has 0 aliphatic carbocycles. The van der Waals surface area contributed by atoms with Crippen LogP contribution in [0.2, 0.25) is 0 Å². The van der Waals surface area contributed by atoms with Gasteiger partial charge in [-0.05, 0) is 13.0 Å². The molecule has 0 bridgehead atoms. The molecule has 4 nitrogen and oxygen atoms in total. The molecule has 4 rings (SSSR count). The summed E-state index contributed by atoms with van der Waals surface area (Å²) in [6.45, 7) is 3.90. The fourth-order valence-electron chi connectivity index (χ4n) is 3.15. The van der Waals surface area contributed by atoms with Crippen LogP contribution >= 0.6 is 0 Å². The van der Waals surface area contributed by atoms with Gasteiger partial charge in [0.2, 0.25) is 0 Å². The Morgan fingerprint density at radius 3 is 2.50 bits per heavy atom. The minimum Gasteiger partial charge on any atom is -0.349 e. The van der Waals surface area contributed by atoms with E-state index in [0.29, 0.717) is 0 Å². The van der Waals surface area contributed by atoms with E-state index in [1.54, 1.807) is 0 Å². The molecule has 1 aromatic carbocycles. The molecule has 0 unspecified atom stereocenters. The quantitative estimate of drug-likeness (QED) is 0.862. The summed E-state index contributed by atoms with van der Waals surface area (Å²) in [5.41, 5.74) is 3.63. The summed E-state index contributed by atoms with van der Waals surface area (Å²) in [6.07, 6.45) is 6.42. The highest BCUT2D eigenvalue weighted by molar-refractivity contribution is 5.61. The van der Waals surface area contributed by atoms with Crippen molar-refractivity contribution in [1.29, 1.82) is 0 Å². The van der Waals surface area contributed by atoms with Crippen molar-refractivity contribution in [3.63, 3.8) is 0 Å². The normalized spacial score (nSPS) is 17.4. The Hall–Kier alpha value is -2.20. The van der Waals surface area contributed by atoms with Crippen LogP contribution in [0.25, 0.3) is 11.4 Å². The number of hydrogen-bond donors (Lipinski definition) is 1. The number of nitrogens with zero attached hydrogens (tertiary/aromatic N) is 3. The fourth-order valence-corrected chi connectivity index (χ4v) is 3.15. The molecule has 0 fully saturated rings. The van der Waals surface area contributed by atoms with Crippen molar-refractivity contribution in [1.82, 2.24) is 15.3 Å². The van der Waals surface area contributed by atoms with Crippen molar-refractivity contribution in [3.8, 4) is 11.4 Å². The number of benzene rings is 1. The summed E-state index contributed by atoms with van der Waals surface area (Å²) in [7, 11) is 0. The van der Waals surface area contributed by atoms with Gasteiger partial charge < -0.3 is 10.2 Å². The van der Waals surface area contributed by atoms with E-state index in [0.717, 1.165) is 56.2 Å². The van der Waals surface area contributed by atoms with Gasteiger partial charge in [0.1, 0.15) is 5.82 Å². The molecule has 1 aromatic heterocycles. The maximum atomic E-state index is 4.93. The molecule has 3 heterocycles. The second-order valence-corrected chi connectivity index (χ2v) is 5.79. The number of hydrogen-bond acceptors (Lipinski definition) is 4. The third kappa shape index (κ3) is 2.50. The first-order valence-electron chi connectivity index (χ1n) is 7.98. The van der Waals surface area contributed by atoms with Crippen molar-refractivity contribution in [2.24, 2.45) is 0 Å². The van der Waals surface area contributed by atoms with E-state index in [1.165, 1.54) is 11.3 Å². The van der Waals surface area contributed by atoms with Crippen molar-refractivity contribution in [2.75, 3.05) is 31.1 Å². The van der Waals surface area contributed by atoms with E-state index >= 15 is 0 Å². The van der Waals surface area contributed by atoms with Crippen LogP contribution in [-0.2, 0) is 12.8 Å². The summed E-state index contributed by atoms with van der Waals surface area (Å²) in [5.74, 6) is 1.97. The lowest BCUT2D eigenvalue weighted by molar-refractivity contribution is 0.708. The summed E-state index contributed by atoms with van der Waals surface area (Å²) < 4.78 is 0. The minimum atomic E-state index is 0.850. The van der Waals surface area contributed by atoms with Gasteiger partial charge in [0, 0.05) is 37.2 Å². The zero-order valence-corrected chi connectivity index (χ0v) is 12.6. The van der Waals surface area contributed by atoms with Crippen molar-refractivity contribution < 1.29 is 0 Å². The molecule has 22 heavy (non-hydrogen) atoms. The van der Waals surface area contributed by atoms with Gasteiger partial charge in [0.15, 0.2) is 5.82 Å². The molecule has 0 amide bonds. The van der Waals surface area contributed by atoms with E-state index in [4.69, 9.17) is 9.97 Å². The van der Waals surface area contributed by atoms with Gasteiger partial charge in [-0.2, -0.15) is 0 Å². The molecular formula is C18H20N4. The van der Waals surface area contributed by atoms with Crippen LogP contribution in [0.5, 0.6) is 0 Å². The third-order valence-corrected chi connectivity index (χ3v) is 4.31. The van der Waals surface area contributed by atoms with Crippen LogP contribution in [0.4, 0.5) is 5.82 Å². The SMILES string of the molecule is C1=CCN(c2nc(-c3ccccc3)nc3c2CCNCC3)C1. The topological polar surface area (TPSA) is 41.1 Å². The lowest BCUT2D eigenvalue weighted by atomic mass is 10.1. The first-order chi connectivity index (χ1) is 10.9. The molecule has 0 saturated carbocycles. The molecule has 2 aromatic rings. The zero-order chi connectivity index (χ0) is 14.8. The minimum absolute atomic E-state index is 0.850. The number of aromatic nitrogens is 2. The maximum Gasteiger partial charge on any atom is 0.161 e. The number of nitrogens with one attached hydrogen (secondary N) is 1. The van der Waals surface area contributed by atoms with E-state index in [-0.39, 0.29) is 0 Å². The van der Waals surface area contributed by atoms with Crippen LogP contribution in [0.15, 0.2) is 42.5 Å². The average molecular weight is 292 g/mol. The molecule has 0 radical (unpaired) electrons. The number of anilines is 1. The van der Waals surface area contributed by atoms with Crippen LogP contribution in [0, 0.1) is 0 Å². The molecule has 0 saturated heterocycles. The second-order valence-electron chi connectivity index (χ2n) is 5.79. The van der Waals surface area contributed by atoms with Crippen LogP contribution in [0.3, 0.4) is 0 Å². The molecule has 1 N–H and O–H groups in total. The Morgan fingerprint density at radius 1 is 0.909 bits per heavy atom. The summed E-state index contributed by atoms with van der Waals surface area (Å²) in [4.78, 5) is 12.1. The van der Waals surface area contributed by atoms with Gasteiger partial charge >= 0.3 is 0 Å². The largest absolute Gasteiger partial charge is 0.349 e. The Labute approximate surface area is 130 Å². The van der Waals surface area contributed by atoms with E-state index in [9.17, 15) is 0 Å². The van der Waals surface area contributed by atoms with Gasteiger partial charge in [0.25, 0.3) is 0 Å². The van der Waals surface area contributed by atoms with Crippen LogP contribution in [0.1, 0.15) is 11.3 Å². The molecule has 0 atom stereocenters. The summed E-state index contributed by atoms with van der Waals surface area (Å²) in [5, 5.41) is 3.47. The van der Waals surface area contributed by atoms with Crippen LogP contribution in [-0.4, -0.2) is 36.1 Å². The van der Waals surface area contributed by atoms with E-state index in [2.05, 4.69) is 34.5 Å². The van der Waals surface area contributed by atoms with Crippen molar-refractivity contribution >= 4 is 5.82 Å². The Bertz CT molecular complexity index is 686. The maximum absolute atomic E-state index is 4.93. The molecular weight excluding hydrogens is 272 g/mol. The monoisotopic (exact) mass is 292 g/mol. The molecule has 112 valence electrons. The third-order valence-electron chi connectivity index (χ3n) is 4.31. The first-order valence-corrected chi connectivity index (χ1v) is 7.98. The number of fused-ring (bicyclic) bond motifs is 1. The van der Waals surface area contributed by atoms with Gasteiger partial charge in [-0.15, -0.1) is 0 Å². The summed E-state index contributed by atoms with van der Waals surface area (Å²) >= 11 is 0. The zero-order valence-electron chi connectivity index (χ0n) is 12.6. The van der Waals surface area contributed by atoms with Crippen molar-refractivity contribution in [3.05, 3.63) is 53.7 Å². The molecule has 2 aliphatic rings. The fraction of sp³-hybridized carbons (Fsp3) is 0.333. The Morgan fingerprint density at radius 2 is 1.68 bits per heavy atom. The second kappa shape index (κ2) is 5.89. The number of rotatable bonds is 2. The lowest BCUT2D eigenvalue weighted by Crippen LogP contribution is -2.23. The Kier molecular flexibility index (Phi) is 3.60. The first kappa shape index (κ1) is 13.5. The highest BCUT2D eigenvalue weighted by Crippen LogP contribution is 2.28. The van der Waals surface area contributed by atoms with Crippen molar-refractivity contribution in [2.45, 2.75) is 12.8 Å². The van der Waals surface area contributed by atoms with Gasteiger partial charge in [-0.1, -0.05) is 42.5 Å². The molecule has 0 spiro atoms. The summed E-state index contributed by atoms with van der Waals surface area (Å²) in [6, 6.07) is 10.3. The van der Waals surface area contributed by atoms with Crippen LogP contribution < -0.4 is 10.2 Å². The standard InChI is InChI=1S/C18H20N4/c1-2-6-14(7-3-1)17-20-16-9-11-19-10-8-15(16)18(21-17)22-12-4-5-13-22/h1-7,19H,8-13H2. The van der Waals surface area contributed by atoms with Gasteiger partial charge in [-0.25, -0.2) is 9.97 Å². The smallest absolute Gasteiger partial charge is 0.161 e. The molecule has 4 heteroatoms. The predicted molar refractivity (Wildman–Crippen MR) is 89.1 cm³/mol. The molecule has 2 aliphatic heterocycles. The highest BCUT2D eigenvalue weighted by Gasteiger charge is 2.21. The van der Waals surface area contributed by atoms with E-state index in [1.807, 2.05) is 18.2 Å². The lowest BCUT2D eigenvalue weighted by Gasteiger charge is -2.22. The van der Waals surface area contributed by atoms with Gasteiger partial charge in [-0.3, -0.25) is 0 Å². The predicted octanol–water partition coefficient (Wildman–Crippen LogP) is 2.21. The van der Waals surface area contributed by atoms with Gasteiger partial charge in [0.05, 0.1) is 5.69 Å². The average Bonchev–Trinajstić information content (AvgIpc) is 3.00. The van der Waals surface area contributed by atoms with E-state index < -0.39 is 0 Å². The Balaban J connectivity index is 1.84.